The Labute approximate surface area is 170 Å². The summed E-state index contributed by atoms with van der Waals surface area (Å²) < 4.78 is 5.27. The van der Waals surface area contributed by atoms with E-state index < -0.39 is 5.60 Å². The molecular weight excluding hydrogens is 378 g/mol. The van der Waals surface area contributed by atoms with Crippen LogP contribution in [0.15, 0.2) is 30.7 Å². The number of halogens is 1. The molecule has 0 aliphatic carbocycles. The number of likely N-dealkylation sites (tertiary alicyclic amines) is 1. The van der Waals surface area contributed by atoms with Crippen LogP contribution in [0, 0.1) is 0 Å². The lowest BCUT2D eigenvalue weighted by molar-refractivity contribution is 0.0521. The molecule has 1 fully saturated rings. The quantitative estimate of drug-likeness (QED) is 0.763. The second-order valence-electron chi connectivity index (χ2n) is 7.82. The SMILES string of the molecule is CC(C)(C)OC(=O)NCCN1CCCC1c1ncc(-c2ccnc(Cl)c2)cn1. The van der Waals surface area contributed by atoms with Crippen molar-refractivity contribution >= 4 is 17.7 Å². The van der Waals surface area contributed by atoms with Crippen LogP contribution in [0.2, 0.25) is 5.15 Å². The third-order valence-corrected chi connectivity index (χ3v) is 4.67. The Hall–Kier alpha value is -2.25. The van der Waals surface area contributed by atoms with Crippen molar-refractivity contribution < 1.29 is 9.53 Å². The topological polar surface area (TPSA) is 80.2 Å². The summed E-state index contributed by atoms with van der Waals surface area (Å²) >= 11 is 5.96. The van der Waals surface area contributed by atoms with Crippen LogP contribution in [-0.4, -0.2) is 51.2 Å². The van der Waals surface area contributed by atoms with E-state index in [2.05, 4.69) is 25.2 Å². The number of nitrogens with one attached hydrogen (secondary N) is 1. The van der Waals surface area contributed by atoms with Crippen molar-refractivity contribution in [2.24, 2.45) is 0 Å². The van der Waals surface area contributed by atoms with E-state index in [1.807, 2.05) is 39.2 Å². The highest BCUT2D eigenvalue weighted by atomic mass is 35.5. The molecule has 8 heteroatoms. The smallest absolute Gasteiger partial charge is 0.407 e. The number of carbonyl (C=O) groups excluding carboxylic acids is 1. The zero-order valence-electron chi connectivity index (χ0n) is 16.5. The zero-order valence-corrected chi connectivity index (χ0v) is 17.2. The molecule has 0 saturated carbocycles. The normalized spacial score (nSPS) is 17.5. The molecule has 1 amide bonds. The number of aromatic nitrogens is 3. The van der Waals surface area contributed by atoms with Crippen LogP contribution in [0.5, 0.6) is 0 Å². The first-order valence-electron chi connectivity index (χ1n) is 9.46. The highest BCUT2D eigenvalue weighted by molar-refractivity contribution is 6.29. The van der Waals surface area contributed by atoms with E-state index in [1.165, 1.54) is 0 Å². The van der Waals surface area contributed by atoms with Gasteiger partial charge in [-0.25, -0.2) is 19.7 Å². The van der Waals surface area contributed by atoms with Crippen molar-refractivity contribution in [2.75, 3.05) is 19.6 Å². The van der Waals surface area contributed by atoms with Gasteiger partial charge in [0.2, 0.25) is 0 Å². The molecule has 3 rings (SSSR count). The number of hydrogen-bond acceptors (Lipinski definition) is 6. The van der Waals surface area contributed by atoms with E-state index in [0.717, 1.165) is 42.9 Å². The molecular formula is C20H26ClN5O2. The molecule has 1 unspecified atom stereocenters. The number of hydrogen-bond donors (Lipinski definition) is 1. The van der Waals surface area contributed by atoms with Gasteiger partial charge in [0.25, 0.3) is 0 Å². The summed E-state index contributed by atoms with van der Waals surface area (Å²) in [6.45, 7) is 7.78. The fourth-order valence-corrected chi connectivity index (χ4v) is 3.42. The fraction of sp³-hybridized carbons (Fsp3) is 0.500. The van der Waals surface area contributed by atoms with Gasteiger partial charge >= 0.3 is 6.09 Å². The maximum Gasteiger partial charge on any atom is 0.407 e. The molecule has 0 bridgehead atoms. The number of alkyl carbamates (subject to hydrolysis) is 1. The Morgan fingerprint density at radius 3 is 2.71 bits per heavy atom. The van der Waals surface area contributed by atoms with E-state index >= 15 is 0 Å². The molecule has 150 valence electrons. The Kier molecular flexibility index (Phi) is 6.46. The van der Waals surface area contributed by atoms with Crippen molar-refractivity contribution in [1.29, 1.82) is 0 Å². The van der Waals surface area contributed by atoms with Crippen LogP contribution < -0.4 is 5.32 Å². The van der Waals surface area contributed by atoms with E-state index in [9.17, 15) is 4.79 Å². The minimum Gasteiger partial charge on any atom is -0.444 e. The molecule has 2 aromatic rings. The van der Waals surface area contributed by atoms with Gasteiger partial charge in [-0.15, -0.1) is 0 Å². The van der Waals surface area contributed by atoms with Crippen LogP contribution >= 0.6 is 11.6 Å². The first-order chi connectivity index (χ1) is 13.3. The van der Waals surface area contributed by atoms with E-state index in [4.69, 9.17) is 16.3 Å². The largest absolute Gasteiger partial charge is 0.444 e. The van der Waals surface area contributed by atoms with Crippen molar-refractivity contribution in [2.45, 2.75) is 45.3 Å². The van der Waals surface area contributed by atoms with Crippen LogP contribution in [0.4, 0.5) is 4.79 Å². The summed E-state index contributed by atoms with van der Waals surface area (Å²) in [4.78, 5) is 27.2. The van der Waals surface area contributed by atoms with E-state index in [1.54, 1.807) is 12.3 Å². The third kappa shape index (κ3) is 5.62. The minimum atomic E-state index is -0.491. The lowest BCUT2D eigenvalue weighted by Crippen LogP contribution is -2.38. The molecule has 7 nitrogen and oxygen atoms in total. The molecule has 0 aromatic carbocycles. The average molecular weight is 404 g/mol. The van der Waals surface area contributed by atoms with Gasteiger partial charge < -0.3 is 10.1 Å². The minimum absolute atomic E-state index is 0.163. The predicted octanol–water partition coefficient (Wildman–Crippen LogP) is 3.85. The molecule has 1 atom stereocenters. The number of ether oxygens (including phenoxy) is 1. The Morgan fingerprint density at radius 2 is 2.04 bits per heavy atom. The molecule has 1 aliphatic heterocycles. The Morgan fingerprint density at radius 1 is 1.29 bits per heavy atom. The zero-order chi connectivity index (χ0) is 20.1. The second kappa shape index (κ2) is 8.84. The summed E-state index contributed by atoms with van der Waals surface area (Å²) in [7, 11) is 0. The maximum absolute atomic E-state index is 11.8. The van der Waals surface area contributed by atoms with Gasteiger partial charge in [-0.1, -0.05) is 11.6 Å². The molecule has 0 spiro atoms. The summed E-state index contributed by atoms with van der Waals surface area (Å²) in [5.41, 5.74) is 1.36. The van der Waals surface area contributed by atoms with Crippen molar-refractivity contribution in [3.63, 3.8) is 0 Å². The number of amides is 1. The highest BCUT2D eigenvalue weighted by Crippen LogP contribution is 2.30. The molecule has 3 heterocycles. The Bertz CT molecular complexity index is 807. The molecule has 2 aromatic heterocycles. The fourth-order valence-electron chi connectivity index (χ4n) is 3.24. The monoisotopic (exact) mass is 403 g/mol. The van der Waals surface area contributed by atoms with E-state index in [0.29, 0.717) is 11.7 Å². The van der Waals surface area contributed by atoms with Gasteiger partial charge in [0, 0.05) is 37.2 Å². The number of nitrogens with zero attached hydrogens (tertiary/aromatic N) is 4. The molecule has 28 heavy (non-hydrogen) atoms. The first-order valence-corrected chi connectivity index (χ1v) is 9.84. The first kappa shape index (κ1) is 20.5. The van der Waals surface area contributed by atoms with Gasteiger partial charge in [-0.2, -0.15) is 0 Å². The van der Waals surface area contributed by atoms with Crippen LogP contribution in [-0.2, 0) is 4.74 Å². The molecule has 0 radical (unpaired) electrons. The molecule has 1 saturated heterocycles. The van der Waals surface area contributed by atoms with Crippen LogP contribution in [0.1, 0.15) is 45.5 Å². The van der Waals surface area contributed by atoms with Gasteiger partial charge in [-0.05, 0) is 57.9 Å². The van der Waals surface area contributed by atoms with Gasteiger partial charge in [0.05, 0.1) is 6.04 Å². The van der Waals surface area contributed by atoms with E-state index in [-0.39, 0.29) is 12.1 Å². The van der Waals surface area contributed by atoms with Crippen LogP contribution in [0.25, 0.3) is 11.1 Å². The summed E-state index contributed by atoms with van der Waals surface area (Å²) in [5.74, 6) is 0.804. The van der Waals surface area contributed by atoms with Crippen molar-refractivity contribution in [3.8, 4) is 11.1 Å². The lowest BCUT2D eigenvalue weighted by atomic mass is 10.1. The average Bonchev–Trinajstić information content (AvgIpc) is 3.09. The van der Waals surface area contributed by atoms with Gasteiger partial charge in [-0.3, -0.25) is 4.90 Å². The lowest BCUT2D eigenvalue weighted by Gasteiger charge is -2.24. The number of rotatable bonds is 5. The predicted molar refractivity (Wildman–Crippen MR) is 108 cm³/mol. The summed E-state index contributed by atoms with van der Waals surface area (Å²) in [6, 6.07) is 3.84. The summed E-state index contributed by atoms with van der Waals surface area (Å²) in [5, 5.41) is 3.26. The van der Waals surface area contributed by atoms with Crippen molar-refractivity contribution in [3.05, 3.63) is 41.7 Å². The summed E-state index contributed by atoms with van der Waals surface area (Å²) in [6.07, 6.45) is 7.02. The Balaban J connectivity index is 1.57. The number of carbonyl (C=O) groups is 1. The van der Waals surface area contributed by atoms with Gasteiger partial charge in [0.1, 0.15) is 16.6 Å². The second-order valence-corrected chi connectivity index (χ2v) is 8.21. The maximum atomic E-state index is 11.8. The highest BCUT2D eigenvalue weighted by Gasteiger charge is 2.28. The van der Waals surface area contributed by atoms with Gasteiger partial charge in [0.15, 0.2) is 0 Å². The molecule has 1 N–H and O–H groups in total. The molecule has 1 aliphatic rings. The standard InChI is InChI=1S/C20H26ClN5O2/c1-20(2,3)28-19(27)23-8-10-26-9-4-5-16(26)18-24-12-15(13-25-18)14-6-7-22-17(21)11-14/h6-7,11-13,16H,4-5,8-10H2,1-3H3,(H,23,27). The van der Waals surface area contributed by atoms with Crippen LogP contribution in [0.3, 0.4) is 0 Å². The number of pyridine rings is 1. The third-order valence-electron chi connectivity index (χ3n) is 4.46. The van der Waals surface area contributed by atoms with Crippen molar-refractivity contribution in [1.82, 2.24) is 25.2 Å².